The summed E-state index contributed by atoms with van der Waals surface area (Å²) in [6.45, 7) is 4.04. The molecule has 0 spiro atoms. The molecule has 2 aliphatic rings. The quantitative estimate of drug-likeness (QED) is 0.562. The van der Waals surface area contributed by atoms with Gasteiger partial charge in [0, 0.05) is 23.2 Å². The predicted octanol–water partition coefficient (Wildman–Crippen LogP) is 4.02. The Balaban J connectivity index is 1.67. The summed E-state index contributed by atoms with van der Waals surface area (Å²) in [5, 5.41) is 2.26. The molecule has 4 rings (SSSR count). The number of imide groups is 2. The van der Waals surface area contributed by atoms with Gasteiger partial charge < -0.3 is 4.90 Å². The number of hydrogen-bond acceptors (Lipinski definition) is 4. The molecule has 6 nitrogen and oxygen atoms in total. The van der Waals surface area contributed by atoms with Gasteiger partial charge in [0.2, 0.25) is 0 Å². The highest BCUT2D eigenvalue weighted by atomic mass is 79.9. The van der Waals surface area contributed by atoms with Crippen molar-refractivity contribution in [1.82, 2.24) is 5.32 Å². The van der Waals surface area contributed by atoms with Crippen molar-refractivity contribution in [1.29, 1.82) is 0 Å². The number of rotatable bonds is 3. The first-order valence-corrected chi connectivity index (χ1v) is 10.3. The van der Waals surface area contributed by atoms with Gasteiger partial charge in [-0.25, -0.2) is 9.69 Å². The Morgan fingerprint density at radius 2 is 1.76 bits per heavy atom. The molecule has 29 heavy (non-hydrogen) atoms. The Kier molecular flexibility index (Phi) is 5.24. The fraction of sp³-hybridized carbons (Fsp3) is 0.227. The molecular weight excluding hydrogens is 434 g/mol. The molecule has 0 aromatic heterocycles. The molecule has 0 saturated carbocycles. The molecule has 1 N–H and O–H groups in total. The molecule has 0 radical (unpaired) electrons. The third-order valence-corrected chi connectivity index (χ3v) is 5.69. The summed E-state index contributed by atoms with van der Waals surface area (Å²) in [6.07, 6.45) is 3.94. The van der Waals surface area contributed by atoms with E-state index in [9.17, 15) is 14.4 Å². The van der Waals surface area contributed by atoms with Gasteiger partial charge in [-0.15, -0.1) is 0 Å². The average Bonchev–Trinajstić information content (AvgIpc) is 3.21. The van der Waals surface area contributed by atoms with E-state index in [1.165, 1.54) is 12.8 Å². The number of nitrogens with zero attached hydrogens (tertiary/aromatic N) is 2. The predicted molar refractivity (Wildman–Crippen MR) is 116 cm³/mol. The number of amides is 4. The normalized spacial score (nSPS) is 18.6. The molecule has 7 heteroatoms. The van der Waals surface area contributed by atoms with E-state index in [-0.39, 0.29) is 5.57 Å². The van der Waals surface area contributed by atoms with Crippen LogP contribution in [-0.2, 0) is 9.59 Å². The summed E-state index contributed by atoms with van der Waals surface area (Å²) in [4.78, 5) is 41.0. The number of aryl methyl sites for hydroxylation is 1. The summed E-state index contributed by atoms with van der Waals surface area (Å²) < 4.78 is 0.728. The second-order valence-electron chi connectivity index (χ2n) is 7.17. The van der Waals surface area contributed by atoms with Crippen molar-refractivity contribution in [2.45, 2.75) is 19.8 Å². The van der Waals surface area contributed by atoms with Crippen LogP contribution in [0.4, 0.5) is 16.2 Å². The molecule has 2 aromatic carbocycles. The van der Waals surface area contributed by atoms with Crippen LogP contribution in [0.3, 0.4) is 0 Å². The molecule has 0 bridgehead atoms. The van der Waals surface area contributed by atoms with Gasteiger partial charge >= 0.3 is 6.03 Å². The minimum absolute atomic E-state index is 0.0680. The summed E-state index contributed by atoms with van der Waals surface area (Å²) in [5.74, 6) is -1.32. The van der Waals surface area contributed by atoms with Crippen molar-refractivity contribution in [3.8, 4) is 0 Å². The third-order valence-electron chi connectivity index (χ3n) is 5.19. The number of barbiturate groups is 1. The van der Waals surface area contributed by atoms with Crippen LogP contribution in [0.2, 0.25) is 0 Å². The lowest BCUT2D eigenvalue weighted by Crippen LogP contribution is -2.54. The molecule has 4 amide bonds. The average molecular weight is 454 g/mol. The minimum Gasteiger partial charge on any atom is -0.372 e. The molecule has 2 fully saturated rings. The van der Waals surface area contributed by atoms with Crippen LogP contribution in [0.1, 0.15) is 24.0 Å². The molecule has 2 aliphatic heterocycles. The zero-order chi connectivity index (χ0) is 20.5. The van der Waals surface area contributed by atoms with Crippen LogP contribution in [-0.4, -0.2) is 30.9 Å². The Hall–Kier alpha value is -2.93. The van der Waals surface area contributed by atoms with E-state index in [0.29, 0.717) is 5.69 Å². The van der Waals surface area contributed by atoms with Gasteiger partial charge in [0.25, 0.3) is 11.8 Å². The SMILES string of the molecule is Cc1cc(N2CCCC2)ccc1/C=C1\C(=O)NC(=O)N(c2cccc(Br)c2)C1=O. The zero-order valence-corrected chi connectivity index (χ0v) is 17.5. The maximum atomic E-state index is 13.0. The van der Waals surface area contributed by atoms with E-state index < -0.39 is 17.8 Å². The fourth-order valence-corrected chi connectivity index (χ4v) is 4.04. The summed E-state index contributed by atoms with van der Waals surface area (Å²) in [5.41, 5.74) is 3.21. The molecular formula is C22H20BrN3O3. The van der Waals surface area contributed by atoms with E-state index in [4.69, 9.17) is 0 Å². The van der Waals surface area contributed by atoms with Gasteiger partial charge in [-0.1, -0.05) is 28.1 Å². The van der Waals surface area contributed by atoms with Crippen LogP contribution < -0.4 is 15.1 Å². The Morgan fingerprint density at radius 3 is 2.45 bits per heavy atom. The summed E-state index contributed by atoms with van der Waals surface area (Å²) in [6, 6.07) is 12.1. The summed E-state index contributed by atoms with van der Waals surface area (Å²) >= 11 is 3.34. The van der Waals surface area contributed by atoms with E-state index in [1.807, 2.05) is 19.1 Å². The van der Waals surface area contributed by atoms with Gasteiger partial charge in [0.1, 0.15) is 5.57 Å². The van der Waals surface area contributed by atoms with Crippen molar-refractivity contribution in [2.24, 2.45) is 0 Å². The molecule has 2 heterocycles. The van der Waals surface area contributed by atoms with Crippen LogP contribution in [0.5, 0.6) is 0 Å². The number of benzene rings is 2. The molecule has 0 atom stereocenters. The molecule has 0 aliphatic carbocycles. The Labute approximate surface area is 177 Å². The molecule has 148 valence electrons. The maximum absolute atomic E-state index is 13.0. The monoisotopic (exact) mass is 453 g/mol. The van der Waals surface area contributed by atoms with Crippen LogP contribution in [0, 0.1) is 6.92 Å². The standard InChI is InChI=1S/C22H20BrN3O3/c1-14-11-17(25-9-2-3-10-25)8-7-15(14)12-19-20(27)24-22(29)26(21(19)28)18-6-4-5-16(23)13-18/h4-8,11-13H,2-3,9-10H2,1H3,(H,24,27,29)/b19-12+. The van der Waals surface area contributed by atoms with Crippen molar-refractivity contribution in [3.05, 3.63) is 63.6 Å². The number of nitrogens with one attached hydrogen (secondary N) is 1. The lowest BCUT2D eigenvalue weighted by Gasteiger charge is -2.26. The van der Waals surface area contributed by atoms with Gasteiger partial charge in [-0.05, 0) is 67.3 Å². The highest BCUT2D eigenvalue weighted by Gasteiger charge is 2.36. The van der Waals surface area contributed by atoms with E-state index in [1.54, 1.807) is 30.3 Å². The minimum atomic E-state index is -0.753. The van der Waals surface area contributed by atoms with Crippen molar-refractivity contribution >= 4 is 51.2 Å². The number of anilines is 2. The highest BCUT2D eigenvalue weighted by molar-refractivity contribution is 9.10. The molecule has 0 unspecified atom stereocenters. The fourth-order valence-electron chi connectivity index (χ4n) is 3.66. The lowest BCUT2D eigenvalue weighted by molar-refractivity contribution is -0.122. The van der Waals surface area contributed by atoms with Crippen molar-refractivity contribution in [2.75, 3.05) is 22.9 Å². The number of hydrogen-bond donors (Lipinski definition) is 1. The van der Waals surface area contributed by atoms with Crippen LogP contribution in [0.25, 0.3) is 6.08 Å². The van der Waals surface area contributed by atoms with E-state index in [2.05, 4.69) is 32.2 Å². The Morgan fingerprint density at radius 1 is 1.00 bits per heavy atom. The second kappa shape index (κ2) is 7.83. The number of carbonyl (C=O) groups is 3. The first-order valence-electron chi connectivity index (χ1n) is 9.46. The summed E-state index contributed by atoms with van der Waals surface area (Å²) in [7, 11) is 0. The topological polar surface area (TPSA) is 69.7 Å². The smallest absolute Gasteiger partial charge is 0.335 e. The van der Waals surface area contributed by atoms with E-state index in [0.717, 1.165) is 39.3 Å². The number of halogens is 1. The third kappa shape index (κ3) is 3.82. The largest absolute Gasteiger partial charge is 0.372 e. The van der Waals surface area contributed by atoms with Gasteiger partial charge in [-0.3, -0.25) is 14.9 Å². The lowest BCUT2D eigenvalue weighted by atomic mass is 10.0. The first-order chi connectivity index (χ1) is 13.9. The van der Waals surface area contributed by atoms with Crippen LogP contribution >= 0.6 is 15.9 Å². The maximum Gasteiger partial charge on any atom is 0.335 e. The Bertz CT molecular complexity index is 1040. The highest BCUT2D eigenvalue weighted by Crippen LogP contribution is 2.27. The van der Waals surface area contributed by atoms with Gasteiger partial charge in [0.15, 0.2) is 0 Å². The molecule has 2 aromatic rings. The van der Waals surface area contributed by atoms with Crippen molar-refractivity contribution in [3.63, 3.8) is 0 Å². The van der Waals surface area contributed by atoms with Gasteiger partial charge in [-0.2, -0.15) is 0 Å². The first kappa shape index (κ1) is 19.4. The number of urea groups is 1. The van der Waals surface area contributed by atoms with Crippen molar-refractivity contribution < 1.29 is 14.4 Å². The second-order valence-corrected chi connectivity index (χ2v) is 8.09. The van der Waals surface area contributed by atoms with Gasteiger partial charge in [0.05, 0.1) is 5.69 Å². The molecule has 2 saturated heterocycles. The van der Waals surface area contributed by atoms with E-state index >= 15 is 0 Å². The van der Waals surface area contributed by atoms with Crippen LogP contribution in [0.15, 0.2) is 52.5 Å². The number of carbonyl (C=O) groups excluding carboxylic acids is 3. The zero-order valence-electron chi connectivity index (χ0n) is 15.9.